The summed E-state index contributed by atoms with van der Waals surface area (Å²) < 4.78 is 16.4. The number of carbonyl (C=O) groups is 2. The SMILES string of the molecule is CCCCCC.CCSN(CC)c1ccc(C(=O)Nc2ccc(Cl)c(NC)c2)c(F)c1.O=Cc1cccc(Cl)c1. The van der Waals surface area contributed by atoms with Crippen molar-refractivity contribution in [1.29, 1.82) is 0 Å². The number of benzene rings is 3. The molecule has 3 aromatic rings. The summed E-state index contributed by atoms with van der Waals surface area (Å²) in [7, 11) is 1.74. The van der Waals surface area contributed by atoms with E-state index in [0.717, 1.165) is 24.3 Å². The number of hydrogen-bond acceptors (Lipinski definition) is 5. The average molecular weight is 609 g/mol. The van der Waals surface area contributed by atoms with Gasteiger partial charge in [-0.3, -0.25) is 9.59 Å². The van der Waals surface area contributed by atoms with E-state index in [1.165, 1.54) is 37.8 Å². The van der Waals surface area contributed by atoms with E-state index >= 15 is 0 Å². The molecule has 3 aromatic carbocycles. The molecule has 0 fully saturated rings. The van der Waals surface area contributed by atoms with Crippen LogP contribution < -0.4 is 14.9 Å². The van der Waals surface area contributed by atoms with Crippen LogP contribution in [0.4, 0.5) is 21.5 Å². The second kappa shape index (κ2) is 20.2. The molecule has 0 radical (unpaired) electrons. The smallest absolute Gasteiger partial charge is 0.258 e. The first-order valence-corrected chi connectivity index (χ1v) is 15.1. The standard InChI is InChI=1S/C18H21ClFN3OS.C7H5ClO.C6H14/c1-4-23(25-5-2)13-7-8-14(16(20)11-13)18(24)22-12-6-9-15(19)17(10-12)21-3;8-7-3-1-2-6(4-7)5-9;1-3-5-6-4-2/h6-11,21H,4-5H2,1-3H3,(H,22,24);1-5H;3-6H2,1-2H3. The molecule has 0 spiro atoms. The van der Waals surface area contributed by atoms with E-state index in [4.69, 9.17) is 23.2 Å². The van der Waals surface area contributed by atoms with Crippen LogP contribution in [0.25, 0.3) is 0 Å². The Hall–Kier alpha value is -2.74. The maximum Gasteiger partial charge on any atom is 0.258 e. The largest absolute Gasteiger partial charge is 0.387 e. The Labute approximate surface area is 253 Å². The summed E-state index contributed by atoms with van der Waals surface area (Å²) in [6.07, 6.45) is 6.31. The molecule has 218 valence electrons. The number of rotatable bonds is 11. The van der Waals surface area contributed by atoms with Gasteiger partial charge < -0.3 is 14.9 Å². The highest BCUT2D eigenvalue weighted by Crippen LogP contribution is 2.27. The summed E-state index contributed by atoms with van der Waals surface area (Å²) in [5, 5.41) is 6.77. The van der Waals surface area contributed by atoms with Crippen LogP contribution in [-0.2, 0) is 0 Å². The Bertz CT molecular complexity index is 1190. The third-order valence-electron chi connectivity index (χ3n) is 5.49. The van der Waals surface area contributed by atoms with Gasteiger partial charge in [-0.25, -0.2) is 4.39 Å². The van der Waals surface area contributed by atoms with Crippen molar-refractivity contribution in [3.63, 3.8) is 0 Å². The van der Waals surface area contributed by atoms with Gasteiger partial charge in [0.05, 0.1) is 16.3 Å². The fraction of sp³-hybridized carbons (Fsp3) is 0.355. The lowest BCUT2D eigenvalue weighted by Gasteiger charge is -2.21. The third kappa shape index (κ3) is 12.6. The number of anilines is 3. The van der Waals surface area contributed by atoms with Gasteiger partial charge in [-0.1, -0.05) is 93.7 Å². The van der Waals surface area contributed by atoms with Crippen molar-refractivity contribution in [3.8, 4) is 0 Å². The summed E-state index contributed by atoms with van der Waals surface area (Å²) >= 11 is 13.2. The van der Waals surface area contributed by atoms with Gasteiger partial charge in [0, 0.05) is 41.3 Å². The molecule has 0 aliphatic carbocycles. The van der Waals surface area contributed by atoms with Crippen LogP contribution in [0.1, 0.15) is 74.1 Å². The van der Waals surface area contributed by atoms with E-state index in [0.29, 0.717) is 27.0 Å². The minimum absolute atomic E-state index is 0.00209. The highest BCUT2D eigenvalue weighted by atomic mass is 35.5. The predicted octanol–water partition coefficient (Wildman–Crippen LogP) is 10.0. The monoisotopic (exact) mass is 607 g/mol. The van der Waals surface area contributed by atoms with Gasteiger partial charge in [0.2, 0.25) is 0 Å². The molecule has 0 unspecified atom stereocenters. The van der Waals surface area contributed by atoms with E-state index in [1.54, 1.807) is 67.5 Å². The summed E-state index contributed by atoms with van der Waals surface area (Å²) in [6.45, 7) is 9.25. The normalized spacial score (nSPS) is 9.90. The van der Waals surface area contributed by atoms with Crippen molar-refractivity contribution in [3.05, 3.63) is 87.7 Å². The summed E-state index contributed by atoms with van der Waals surface area (Å²) in [4.78, 5) is 22.5. The fourth-order valence-corrected chi connectivity index (χ4v) is 4.59. The zero-order valence-electron chi connectivity index (χ0n) is 23.9. The zero-order chi connectivity index (χ0) is 29.9. The molecular weight excluding hydrogens is 568 g/mol. The molecule has 40 heavy (non-hydrogen) atoms. The highest BCUT2D eigenvalue weighted by molar-refractivity contribution is 8.00. The van der Waals surface area contributed by atoms with Crippen molar-refractivity contribution in [2.45, 2.75) is 53.4 Å². The van der Waals surface area contributed by atoms with E-state index in [1.807, 2.05) is 18.2 Å². The van der Waals surface area contributed by atoms with Crippen molar-refractivity contribution in [2.75, 3.05) is 34.3 Å². The van der Waals surface area contributed by atoms with Gasteiger partial charge in [0.1, 0.15) is 12.1 Å². The number of nitrogens with one attached hydrogen (secondary N) is 2. The van der Waals surface area contributed by atoms with E-state index < -0.39 is 11.7 Å². The maximum atomic E-state index is 14.4. The van der Waals surface area contributed by atoms with Crippen LogP contribution in [0.3, 0.4) is 0 Å². The van der Waals surface area contributed by atoms with Crippen LogP contribution in [0.2, 0.25) is 10.0 Å². The van der Waals surface area contributed by atoms with Crippen molar-refractivity contribution in [1.82, 2.24) is 0 Å². The Morgan fingerprint density at radius 2 is 1.68 bits per heavy atom. The highest BCUT2D eigenvalue weighted by Gasteiger charge is 2.15. The van der Waals surface area contributed by atoms with Gasteiger partial charge in [-0.2, -0.15) is 0 Å². The Kier molecular flexibility index (Phi) is 17.8. The van der Waals surface area contributed by atoms with Crippen LogP contribution in [-0.4, -0.2) is 31.5 Å². The average Bonchev–Trinajstić information content (AvgIpc) is 2.96. The molecule has 0 saturated heterocycles. The second-order valence-electron chi connectivity index (χ2n) is 8.56. The number of halogens is 3. The summed E-state index contributed by atoms with van der Waals surface area (Å²) in [6, 6.07) is 16.5. The lowest BCUT2D eigenvalue weighted by molar-refractivity contribution is 0.102. The molecule has 2 N–H and O–H groups in total. The third-order valence-corrected chi connectivity index (χ3v) is 7.10. The number of unbranched alkanes of at least 4 members (excludes halogenated alkanes) is 3. The first-order valence-electron chi connectivity index (χ1n) is 13.4. The molecule has 0 heterocycles. The first-order chi connectivity index (χ1) is 19.2. The zero-order valence-corrected chi connectivity index (χ0v) is 26.2. The van der Waals surface area contributed by atoms with Crippen molar-refractivity contribution in [2.24, 2.45) is 0 Å². The lowest BCUT2D eigenvalue weighted by atomic mass is 10.1. The molecule has 3 rings (SSSR count). The molecule has 5 nitrogen and oxygen atoms in total. The molecule has 0 saturated carbocycles. The summed E-state index contributed by atoms with van der Waals surface area (Å²) in [5.41, 5.74) is 2.58. The van der Waals surface area contributed by atoms with Gasteiger partial charge in [0.25, 0.3) is 5.91 Å². The minimum atomic E-state index is -0.548. The Balaban J connectivity index is 0.000000434. The van der Waals surface area contributed by atoms with Crippen molar-refractivity contribution < 1.29 is 14.0 Å². The number of amides is 1. The molecule has 9 heteroatoms. The number of aldehydes is 1. The van der Waals surface area contributed by atoms with E-state index in [-0.39, 0.29) is 5.56 Å². The minimum Gasteiger partial charge on any atom is -0.387 e. The molecular formula is C31H40Cl2FN3O2S. The van der Waals surface area contributed by atoms with Crippen LogP contribution in [0, 0.1) is 5.82 Å². The second-order valence-corrected chi connectivity index (χ2v) is 10.7. The number of nitrogens with zero attached hydrogens (tertiary/aromatic N) is 1. The molecule has 0 aliphatic rings. The maximum absolute atomic E-state index is 14.4. The van der Waals surface area contributed by atoms with Gasteiger partial charge in [-0.05, 0) is 55.5 Å². The molecule has 0 bridgehead atoms. The first kappa shape index (κ1) is 35.3. The van der Waals surface area contributed by atoms with E-state index in [9.17, 15) is 14.0 Å². The van der Waals surface area contributed by atoms with Gasteiger partial charge in [-0.15, -0.1) is 0 Å². The van der Waals surface area contributed by atoms with Gasteiger partial charge in [0.15, 0.2) is 0 Å². The quantitative estimate of drug-likeness (QED) is 0.129. The Morgan fingerprint density at radius 1 is 0.975 bits per heavy atom. The van der Waals surface area contributed by atoms with Gasteiger partial charge >= 0.3 is 0 Å². The molecule has 1 amide bonds. The lowest BCUT2D eigenvalue weighted by Crippen LogP contribution is -2.17. The van der Waals surface area contributed by atoms with E-state index in [2.05, 4.69) is 24.5 Å². The Morgan fingerprint density at radius 3 is 2.17 bits per heavy atom. The molecule has 0 aliphatic heterocycles. The molecule has 0 atom stereocenters. The van der Waals surface area contributed by atoms with Crippen LogP contribution >= 0.6 is 35.1 Å². The van der Waals surface area contributed by atoms with Crippen LogP contribution in [0.15, 0.2) is 60.7 Å². The van der Waals surface area contributed by atoms with Crippen molar-refractivity contribution >= 4 is 64.4 Å². The fourth-order valence-electron chi connectivity index (χ4n) is 3.42. The molecule has 0 aromatic heterocycles. The number of hydrogen-bond donors (Lipinski definition) is 2. The topological polar surface area (TPSA) is 61.4 Å². The number of carbonyl (C=O) groups excluding carboxylic acids is 2. The predicted molar refractivity (Wildman–Crippen MR) is 173 cm³/mol. The summed E-state index contributed by atoms with van der Waals surface area (Å²) in [5.74, 6) is -0.158. The van der Waals surface area contributed by atoms with Crippen LogP contribution in [0.5, 0.6) is 0 Å².